The molecule has 0 saturated heterocycles. The van der Waals surface area contributed by atoms with E-state index in [9.17, 15) is 4.79 Å². The van der Waals surface area contributed by atoms with E-state index in [1.54, 1.807) is 13.0 Å². The second-order valence-corrected chi connectivity index (χ2v) is 4.54. The standard InChI is InChI=1S/C13H14ClN3O2/c1-8(15)13-17-11(7-19-13)12(18)16-6-9-4-2-3-5-10(9)14/h2-5,7-8H,6,15H2,1H3,(H,16,18). The van der Waals surface area contributed by atoms with E-state index in [0.29, 0.717) is 17.5 Å². The smallest absolute Gasteiger partial charge is 0.273 e. The molecule has 1 unspecified atom stereocenters. The summed E-state index contributed by atoms with van der Waals surface area (Å²) in [6.45, 7) is 2.07. The van der Waals surface area contributed by atoms with Crippen LogP contribution in [0.1, 0.15) is 34.9 Å². The fraction of sp³-hybridized carbons (Fsp3) is 0.231. The Labute approximate surface area is 115 Å². The Bertz CT molecular complexity index is 581. The van der Waals surface area contributed by atoms with Crippen LogP contribution in [-0.2, 0) is 6.54 Å². The van der Waals surface area contributed by atoms with Crippen LogP contribution in [0.25, 0.3) is 0 Å². The molecule has 0 radical (unpaired) electrons. The molecule has 3 N–H and O–H groups in total. The molecule has 0 spiro atoms. The summed E-state index contributed by atoms with van der Waals surface area (Å²) in [5, 5.41) is 3.33. The minimum Gasteiger partial charge on any atom is -0.446 e. The van der Waals surface area contributed by atoms with Gasteiger partial charge in [0.1, 0.15) is 6.26 Å². The van der Waals surface area contributed by atoms with Crippen molar-refractivity contribution in [1.82, 2.24) is 10.3 Å². The van der Waals surface area contributed by atoms with Gasteiger partial charge in [0.15, 0.2) is 5.69 Å². The van der Waals surface area contributed by atoms with Gasteiger partial charge < -0.3 is 15.5 Å². The first kappa shape index (κ1) is 13.6. The Hall–Kier alpha value is -1.85. The molecule has 0 aliphatic rings. The average Bonchev–Trinajstić information content (AvgIpc) is 2.87. The van der Waals surface area contributed by atoms with Crippen LogP contribution in [0.3, 0.4) is 0 Å². The van der Waals surface area contributed by atoms with E-state index < -0.39 is 0 Å². The predicted molar refractivity (Wildman–Crippen MR) is 71.7 cm³/mol. The highest BCUT2D eigenvalue weighted by Gasteiger charge is 2.14. The Balaban J connectivity index is 1.99. The van der Waals surface area contributed by atoms with E-state index in [2.05, 4.69) is 10.3 Å². The number of halogens is 1. The monoisotopic (exact) mass is 279 g/mol. The quantitative estimate of drug-likeness (QED) is 0.900. The molecule has 2 rings (SSSR count). The molecule has 0 fully saturated rings. The van der Waals surface area contributed by atoms with Crippen LogP contribution in [-0.4, -0.2) is 10.9 Å². The number of nitrogens with one attached hydrogen (secondary N) is 1. The lowest BCUT2D eigenvalue weighted by Crippen LogP contribution is -2.23. The van der Waals surface area contributed by atoms with Gasteiger partial charge in [-0.25, -0.2) is 4.98 Å². The van der Waals surface area contributed by atoms with E-state index in [0.717, 1.165) is 5.56 Å². The zero-order chi connectivity index (χ0) is 13.8. The molecule has 0 saturated carbocycles. The lowest BCUT2D eigenvalue weighted by Gasteiger charge is -2.04. The summed E-state index contributed by atoms with van der Waals surface area (Å²) in [5.41, 5.74) is 6.66. The number of hydrogen-bond acceptors (Lipinski definition) is 4. The third kappa shape index (κ3) is 3.33. The molecule has 1 aromatic heterocycles. The summed E-state index contributed by atoms with van der Waals surface area (Å²) < 4.78 is 5.10. The number of hydrogen-bond donors (Lipinski definition) is 2. The molecule has 1 amide bonds. The largest absolute Gasteiger partial charge is 0.446 e. The van der Waals surface area contributed by atoms with E-state index in [4.69, 9.17) is 21.8 Å². The number of nitrogens with zero attached hydrogens (tertiary/aromatic N) is 1. The van der Waals surface area contributed by atoms with Gasteiger partial charge in [0.05, 0.1) is 6.04 Å². The normalized spacial score (nSPS) is 12.2. The van der Waals surface area contributed by atoms with Crippen molar-refractivity contribution in [2.75, 3.05) is 0 Å². The van der Waals surface area contributed by atoms with Gasteiger partial charge in [0.25, 0.3) is 5.91 Å². The zero-order valence-corrected chi connectivity index (χ0v) is 11.1. The summed E-state index contributed by atoms with van der Waals surface area (Å²) in [4.78, 5) is 15.9. The molecule has 1 heterocycles. The van der Waals surface area contributed by atoms with E-state index in [-0.39, 0.29) is 17.6 Å². The topological polar surface area (TPSA) is 81.1 Å². The molecule has 5 nitrogen and oxygen atoms in total. The van der Waals surface area contributed by atoms with Crippen molar-refractivity contribution in [3.05, 3.63) is 52.7 Å². The molecular weight excluding hydrogens is 266 g/mol. The van der Waals surface area contributed by atoms with Gasteiger partial charge in [0, 0.05) is 11.6 Å². The maximum atomic E-state index is 11.8. The van der Waals surface area contributed by atoms with Crippen molar-refractivity contribution in [2.24, 2.45) is 5.73 Å². The number of nitrogens with two attached hydrogens (primary N) is 1. The summed E-state index contributed by atoms with van der Waals surface area (Å²) >= 11 is 6.00. The van der Waals surface area contributed by atoms with Crippen LogP contribution in [0.5, 0.6) is 0 Å². The first-order valence-corrected chi connectivity index (χ1v) is 6.18. The Morgan fingerprint density at radius 3 is 2.89 bits per heavy atom. The molecule has 100 valence electrons. The summed E-state index contributed by atoms with van der Waals surface area (Å²) in [7, 11) is 0. The molecule has 0 bridgehead atoms. The molecule has 0 aliphatic heterocycles. The highest BCUT2D eigenvalue weighted by Crippen LogP contribution is 2.14. The Kier molecular flexibility index (Phi) is 4.19. The van der Waals surface area contributed by atoms with Crippen molar-refractivity contribution in [3.8, 4) is 0 Å². The minimum absolute atomic E-state index is 0.208. The van der Waals surface area contributed by atoms with E-state index >= 15 is 0 Å². The van der Waals surface area contributed by atoms with Crippen molar-refractivity contribution in [2.45, 2.75) is 19.5 Å². The lowest BCUT2D eigenvalue weighted by molar-refractivity contribution is 0.0946. The summed E-state index contributed by atoms with van der Waals surface area (Å²) in [6, 6.07) is 6.97. The SMILES string of the molecule is CC(N)c1nc(C(=O)NCc2ccccc2Cl)co1. The maximum Gasteiger partial charge on any atom is 0.273 e. The minimum atomic E-state index is -0.342. The van der Waals surface area contributed by atoms with Crippen molar-refractivity contribution < 1.29 is 9.21 Å². The predicted octanol–water partition coefficient (Wildman–Crippen LogP) is 2.28. The first-order chi connectivity index (χ1) is 9.08. The van der Waals surface area contributed by atoms with Crippen LogP contribution in [0.4, 0.5) is 0 Å². The number of oxazole rings is 1. The highest BCUT2D eigenvalue weighted by molar-refractivity contribution is 6.31. The summed E-state index contributed by atoms with van der Waals surface area (Å²) in [5.74, 6) is 0.0125. The van der Waals surface area contributed by atoms with Gasteiger partial charge in [0.2, 0.25) is 5.89 Å². The van der Waals surface area contributed by atoms with E-state index in [1.807, 2.05) is 18.2 Å². The second kappa shape index (κ2) is 5.86. The fourth-order valence-corrected chi connectivity index (χ4v) is 1.71. The van der Waals surface area contributed by atoms with Crippen molar-refractivity contribution >= 4 is 17.5 Å². The van der Waals surface area contributed by atoms with Crippen LogP contribution in [0.2, 0.25) is 5.02 Å². The number of benzene rings is 1. The third-order valence-electron chi connectivity index (χ3n) is 2.54. The van der Waals surface area contributed by atoms with Crippen LogP contribution >= 0.6 is 11.6 Å². The Morgan fingerprint density at radius 2 is 2.26 bits per heavy atom. The number of amides is 1. The molecule has 1 aromatic carbocycles. The fourth-order valence-electron chi connectivity index (χ4n) is 1.51. The van der Waals surface area contributed by atoms with Crippen LogP contribution < -0.4 is 11.1 Å². The molecule has 19 heavy (non-hydrogen) atoms. The van der Waals surface area contributed by atoms with Gasteiger partial charge in [-0.1, -0.05) is 29.8 Å². The van der Waals surface area contributed by atoms with Gasteiger partial charge >= 0.3 is 0 Å². The van der Waals surface area contributed by atoms with Crippen molar-refractivity contribution in [1.29, 1.82) is 0 Å². The van der Waals surface area contributed by atoms with Gasteiger partial charge in [-0.3, -0.25) is 4.79 Å². The zero-order valence-electron chi connectivity index (χ0n) is 10.4. The first-order valence-electron chi connectivity index (χ1n) is 5.80. The molecular formula is C13H14ClN3O2. The average molecular weight is 280 g/mol. The van der Waals surface area contributed by atoms with E-state index in [1.165, 1.54) is 6.26 Å². The van der Waals surface area contributed by atoms with Crippen LogP contribution in [0.15, 0.2) is 34.9 Å². The van der Waals surface area contributed by atoms with Crippen molar-refractivity contribution in [3.63, 3.8) is 0 Å². The number of aromatic nitrogens is 1. The number of carbonyl (C=O) groups is 1. The van der Waals surface area contributed by atoms with Gasteiger partial charge in [-0.05, 0) is 18.6 Å². The second-order valence-electron chi connectivity index (χ2n) is 4.13. The summed E-state index contributed by atoms with van der Waals surface area (Å²) in [6.07, 6.45) is 1.29. The maximum absolute atomic E-state index is 11.8. The number of rotatable bonds is 4. The van der Waals surface area contributed by atoms with Gasteiger partial charge in [-0.2, -0.15) is 0 Å². The lowest BCUT2D eigenvalue weighted by atomic mass is 10.2. The highest BCUT2D eigenvalue weighted by atomic mass is 35.5. The van der Waals surface area contributed by atoms with Gasteiger partial charge in [-0.15, -0.1) is 0 Å². The van der Waals surface area contributed by atoms with Crippen LogP contribution in [0, 0.1) is 0 Å². The molecule has 6 heteroatoms. The molecule has 2 aromatic rings. The molecule has 1 atom stereocenters. The molecule has 0 aliphatic carbocycles. The Morgan fingerprint density at radius 1 is 1.53 bits per heavy atom. The number of carbonyl (C=O) groups excluding carboxylic acids is 1. The third-order valence-corrected chi connectivity index (χ3v) is 2.91.